The van der Waals surface area contributed by atoms with Crippen molar-refractivity contribution in [1.29, 1.82) is 0 Å². The van der Waals surface area contributed by atoms with Gasteiger partial charge in [-0.1, -0.05) is 19.8 Å². The highest BCUT2D eigenvalue weighted by Gasteiger charge is 2.38. The normalized spacial score (nSPS) is 45.4. The van der Waals surface area contributed by atoms with Crippen LogP contribution in [-0.4, -0.2) is 30.1 Å². The number of rotatable bonds is 3. The molecule has 1 heterocycles. The van der Waals surface area contributed by atoms with Crippen LogP contribution in [0.2, 0.25) is 0 Å². The summed E-state index contributed by atoms with van der Waals surface area (Å²) in [7, 11) is 0. The second-order valence-corrected chi connectivity index (χ2v) is 6.62. The van der Waals surface area contributed by atoms with Gasteiger partial charge in [-0.2, -0.15) is 0 Å². The molecule has 3 fully saturated rings. The molecule has 2 heteroatoms. The van der Waals surface area contributed by atoms with E-state index in [9.17, 15) is 0 Å². The number of hydrogen-bond donors (Lipinski definition) is 1. The summed E-state index contributed by atoms with van der Waals surface area (Å²) in [5.74, 6) is 2.90. The number of likely N-dealkylation sites (tertiary alicyclic amines) is 1. The van der Waals surface area contributed by atoms with Crippen LogP contribution in [0, 0.1) is 17.8 Å². The van der Waals surface area contributed by atoms with E-state index in [1.807, 2.05) is 0 Å². The third-order valence-electron chi connectivity index (χ3n) is 5.01. The smallest absolute Gasteiger partial charge is 0.0171 e. The molecule has 0 aromatic rings. The van der Waals surface area contributed by atoms with Gasteiger partial charge >= 0.3 is 0 Å². The Morgan fingerprint density at radius 1 is 1.06 bits per heavy atom. The zero-order chi connectivity index (χ0) is 11.1. The van der Waals surface area contributed by atoms with Crippen LogP contribution in [-0.2, 0) is 0 Å². The van der Waals surface area contributed by atoms with E-state index in [0.717, 1.165) is 30.3 Å². The lowest BCUT2D eigenvalue weighted by molar-refractivity contribution is 0.0260. The Morgan fingerprint density at radius 3 is 2.44 bits per heavy atom. The van der Waals surface area contributed by atoms with Crippen LogP contribution < -0.4 is 5.73 Å². The third kappa shape index (κ3) is 2.28. The second-order valence-electron chi connectivity index (χ2n) is 6.62. The molecule has 2 nitrogen and oxygen atoms in total. The zero-order valence-electron chi connectivity index (χ0n) is 10.6. The first-order chi connectivity index (χ1) is 7.72. The van der Waals surface area contributed by atoms with Crippen LogP contribution >= 0.6 is 0 Å². The van der Waals surface area contributed by atoms with Crippen molar-refractivity contribution >= 4 is 0 Å². The molecule has 16 heavy (non-hydrogen) atoms. The molecule has 2 aliphatic carbocycles. The molecule has 1 aliphatic heterocycles. The van der Waals surface area contributed by atoms with Crippen molar-refractivity contribution in [3.8, 4) is 0 Å². The zero-order valence-corrected chi connectivity index (χ0v) is 10.6. The van der Waals surface area contributed by atoms with E-state index >= 15 is 0 Å². The highest BCUT2D eigenvalue weighted by Crippen LogP contribution is 2.39. The summed E-state index contributed by atoms with van der Waals surface area (Å²) >= 11 is 0. The predicted molar refractivity (Wildman–Crippen MR) is 67.2 cm³/mol. The molecular weight excluding hydrogens is 196 g/mol. The Bertz CT molecular complexity index is 247. The number of piperidine rings is 1. The second kappa shape index (κ2) is 4.30. The lowest BCUT2D eigenvalue weighted by Crippen LogP contribution is -2.55. The summed E-state index contributed by atoms with van der Waals surface area (Å²) in [6.07, 6.45) is 8.59. The van der Waals surface area contributed by atoms with Gasteiger partial charge in [0.05, 0.1) is 0 Å². The van der Waals surface area contributed by atoms with Crippen LogP contribution in [0.5, 0.6) is 0 Å². The monoisotopic (exact) mass is 222 g/mol. The van der Waals surface area contributed by atoms with Gasteiger partial charge in [-0.15, -0.1) is 0 Å². The topological polar surface area (TPSA) is 29.3 Å². The molecule has 0 radical (unpaired) electrons. The maximum atomic E-state index is 6.23. The Kier molecular flexibility index (Phi) is 2.97. The van der Waals surface area contributed by atoms with Crippen molar-refractivity contribution in [3.05, 3.63) is 0 Å². The SMILES string of the molecule is CC1CCC1N1CC(N)CC(CC2CC2)C1. The molecule has 3 aliphatic rings. The Hall–Kier alpha value is -0.0800. The van der Waals surface area contributed by atoms with Crippen LogP contribution in [0.4, 0.5) is 0 Å². The molecule has 0 aromatic heterocycles. The van der Waals surface area contributed by atoms with E-state index in [2.05, 4.69) is 11.8 Å². The van der Waals surface area contributed by atoms with E-state index in [-0.39, 0.29) is 0 Å². The lowest BCUT2D eigenvalue weighted by atomic mass is 9.78. The van der Waals surface area contributed by atoms with Crippen molar-refractivity contribution in [2.45, 2.75) is 57.5 Å². The van der Waals surface area contributed by atoms with E-state index in [4.69, 9.17) is 5.73 Å². The highest BCUT2D eigenvalue weighted by molar-refractivity contribution is 4.93. The molecular formula is C14H26N2. The van der Waals surface area contributed by atoms with E-state index < -0.39 is 0 Å². The molecule has 4 unspecified atom stereocenters. The number of hydrogen-bond acceptors (Lipinski definition) is 2. The largest absolute Gasteiger partial charge is 0.327 e. The standard InChI is InChI=1S/C14H26N2/c1-10-2-5-14(10)16-8-12(6-11-3-4-11)7-13(15)9-16/h10-14H,2-9,15H2,1H3. The fourth-order valence-electron chi connectivity index (χ4n) is 3.74. The van der Waals surface area contributed by atoms with Crippen molar-refractivity contribution < 1.29 is 0 Å². The summed E-state index contributed by atoms with van der Waals surface area (Å²) in [6, 6.07) is 1.32. The molecule has 0 aromatic carbocycles. The van der Waals surface area contributed by atoms with Crippen molar-refractivity contribution in [2.75, 3.05) is 13.1 Å². The predicted octanol–water partition coefficient (Wildman–Crippen LogP) is 2.23. The van der Waals surface area contributed by atoms with Crippen molar-refractivity contribution in [3.63, 3.8) is 0 Å². The number of nitrogens with two attached hydrogens (primary N) is 1. The maximum Gasteiger partial charge on any atom is 0.0171 e. The first-order valence-electron chi connectivity index (χ1n) is 7.22. The van der Waals surface area contributed by atoms with Gasteiger partial charge in [-0.25, -0.2) is 0 Å². The minimum absolute atomic E-state index is 0.449. The first-order valence-corrected chi connectivity index (χ1v) is 7.22. The van der Waals surface area contributed by atoms with Gasteiger partial charge in [0.25, 0.3) is 0 Å². The Morgan fingerprint density at radius 2 is 1.88 bits per heavy atom. The van der Waals surface area contributed by atoms with Crippen LogP contribution in [0.3, 0.4) is 0 Å². The maximum absolute atomic E-state index is 6.23. The summed E-state index contributed by atoms with van der Waals surface area (Å²) in [5.41, 5.74) is 6.23. The lowest BCUT2D eigenvalue weighted by Gasteiger charge is -2.48. The Labute approximate surface area is 99.6 Å². The van der Waals surface area contributed by atoms with Crippen molar-refractivity contribution in [1.82, 2.24) is 4.90 Å². The molecule has 2 saturated carbocycles. The fourth-order valence-corrected chi connectivity index (χ4v) is 3.74. The minimum atomic E-state index is 0.449. The minimum Gasteiger partial charge on any atom is -0.327 e. The quantitative estimate of drug-likeness (QED) is 0.793. The molecule has 1 saturated heterocycles. The summed E-state index contributed by atoms with van der Waals surface area (Å²) in [6.45, 7) is 4.92. The van der Waals surface area contributed by atoms with Gasteiger partial charge in [0.15, 0.2) is 0 Å². The highest BCUT2D eigenvalue weighted by atomic mass is 15.2. The summed E-state index contributed by atoms with van der Waals surface area (Å²) in [5, 5.41) is 0. The average molecular weight is 222 g/mol. The van der Waals surface area contributed by atoms with E-state index in [1.165, 1.54) is 45.1 Å². The van der Waals surface area contributed by atoms with E-state index in [1.54, 1.807) is 0 Å². The van der Waals surface area contributed by atoms with Gasteiger partial charge in [0, 0.05) is 25.2 Å². The molecule has 92 valence electrons. The Balaban J connectivity index is 1.56. The van der Waals surface area contributed by atoms with Crippen LogP contribution in [0.1, 0.15) is 45.4 Å². The third-order valence-corrected chi connectivity index (χ3v) is 5.01. The molecule has 0 spiro atoms. The molecule has 3 rings (SSSR count). The van der Waals surface area contributed by atoms with Crippen molar-refractivity contribution in [2.24, 2.45) is 23.5 Å². The van der Waals surface area contributed by atoms with Gasteiger partial charge in [-0.3, -0.25) is 4.90 Å². The van der Waals surface area contributed by atoms with Crippen LogP contribution in [0.15, 0.2) is 0 Å². The van der Waals surface area contributed by atoms with Gasteiger partial charge < -0.3 is 5.73 Å². The van der Waals surface area contributed by atoms with Gasteiger partial charge in [0.1, 0.15) is 0 Å². The average Bonchev–Trinajstić information content (AvgIpc) is 2.98. The van der Waals surface area contributed by atoms with Gasteiger partial charge in [-0.05, 0) is 43.4 Å². The van der Waals surface area contributed by atoms with Crippen LogP contribution in [0.25, 0.3) is 0 Å². The summed E-state index contributed by atoms with van der Waals surface area (Å²) in [4.78, 5) is 2.72. The fraction of sp³-hybridized carbons (Fsp3) is 1.00. The number of nitrogens with zero attached hydrogens (tertiary/aromatic N) is 1. The molecule has 2 N–H and O–H groups in total. The van der Waals surface area contributed by atoms with E-state index in [0.29, 0.717) is 6.04 Å². The first kappa shape index (κ1) is 11.0. The summed E-state index contributed by atoms with van der Waals surface area (Å²) < 4.78 is 0. The molecule has 0 amide bonds. The van der Waals surface area contributed by atoms with Gasteiger partial charge in [0.2, 0.25) is 0 Å². The molecule has 0 bridgehead atoms. The molecule has 4 atom stereocenters.